The molecule has 0 unspecified atom stereocenters. The molecule has 2 aromatic rings. The summed E-state index contributed by atoms with van der Waals surface area (Å²) in [5.41, 5.74) is 4.16. The van der Waals surface area contributed by atoms with E-state index in [4.69, 9.17) is 0 Å². The number of anilines is 2. The highest BCUT2D eigenvalue weighted by molar-refractivity contribution is 7.17. The summed E-state index contributed by atoms with van der Waals surface area (Å²) in [7, 11) is 3.50. The van der Waals surface area contributed by atoms with Gasteiger partial charge in [0, 0.05) is 19.8 Å². The van der Waals surface area contributed by atoms with Crippen molar-refractivity contribution >= 4 is 28.1 Å². The number of aromatic nitrogens is 1. The summed E-state index contributed by atoms with van der Waals surface area (Å²) in [5.74, 6) is -0.00604. The first-order valence-corrected chi connectivity index (χ1v) is 7.23. The zero-order valence-electron chi connectivity index (χ0n) is 12.4. The molecule has 1 amide bonds. The van der Waals surface area contributed by atoms with E-state index in [0.29, 0.717) is 4.88 Å². The molecular formula is C15H19N3OS. The molecule has 0 fully saturated rings. The summed E-state index contributed by atoms with van der Waals surface area (Å²) < 4.78 is 0. The van der Waals surface area contributed by atoms with Crippen LogP contribution in [0.2, 0.25) is 0 Å². The summed E-state index contributed by atoms with van der Waals surface area (Å²) in [5, 5.41) is 4.03. The van der Waals surface area contributed by atoms with Gasteiger partial charge in [-0.25, -0.2) is 4.98 Å². The van der Waals surface area contributed by atoms with Crippen molar-refractivity contribution in [3.8, 4) is 0 Å². The summed E-state index contributed by atoms with van der Waals surface area (Å²) in [6, 6.07) is 6.26. The Morgan fingerprint density at radius 3 is 2.30 bits per heavy atom. The molecule has 0 bridgehead atoms. The maximum Gasteiger partial charge on any atom is 0.265 e. The van der Waals surface area contributed by atoms with E-state index in [1.54, 1.807) is 19.0 Å². The molecule has 0 atom stereocenters. The molecular weight excluding hydrogens is 270 g/mol. The lowest BCUT2D eigenvalue weighted by molar-refractivity contribution is 0.0831. The third-order valence-electron chi connectivity index (χ3n) is 2.87. The second-order valence-electron chi connectivity index (χ2n) is 5.13. The van der Waals surface area contributed by atoms with Crippen molar-refractivity contribution in [3.63, 3.8) is 0 Å². The molecule has 0 saturated carbocycles. The highest BCUT2D eigenvalue weighted by Gasteiger charge is 2.16. The number of nitrogens with zero attached hydrogens (tertiary/aromatic N) is 2. The maximum absolute atomic E-state index is 12.0. The molecule has 2 rings (SSSR count). The second kappa shape index (κ2) is 5.63. The molecule has 1 aromatic carbocycles. The molecule has 20 heavy (non-hydrogen) atoms. The lowest BCUT2D eigenvalue weighted by Crippen LogP contribution is -2.21. The number of benzene rings is 1. The van der Waals surface area contributed by atoms with Gasteiger partial charge in [-0.1, -0.05) is 17.4 Å². The molecule has 0 aliphatic carbocycles. The number of amides is 1. The smallest absolute Gasteiger partial charge is 0.265 e. The van der Waals surface area contributed by atoms with Crippen LogP contribution in [0.25, 0.3) is 0 Å². The predicted octanol–water partition coefficient (Wildman–Crippen LogP) is 3.51. The summed E-state index contributed by atoms with van der Waals surface area (Å²) >= 11 is 1.39. The van der Waals surface area contributed by atoms with Gasteiger partial charge in [-0.2, -0.15) is 0 Å². The fourth-order valence-electron chi connectivity index (χ4n) is 2.02. The van der Waals surface area contributed by atoms with Crippen molar-refractivity contribution in [1.82, 2.24) is 9.88 Å². The summed E-state index contributed by atoms with van der Waals surface area (Å²) in [6.07, 6.45) is 0. The van der Waals surface area contributed by atoms with Crippen LogP contribution < -0.4 is 5.32 Å². The summed E-state index contributed by atoms with van der Waals surface area (Å²) in [4.78, 5) is 18.7. The number of carbonyl (C=O) groups is 1. The molecule has 1 N–H and O–H groups in total. The van der Waals surface area contributed by atoms with Crippen LogP contribution in [0.5, 0.6) is 0 Å². The van der Waals surface area contributed by atoms with Gasteiger partial charge in [0.05, 0.1) is 5.69 Å². The first-order valence-electron chi connectivity index (χ1n) is 6.41. The van der Waals surface area contributed by atoms with Gasteiger partial charge in [0.15, 0.2) is 5.13 Å². The minimum Gasteiger partial charge on any atom is -0.344 e. The lowest BCUT2D eigenvalue weighted by Gasteiger charge is -2.08. The van der Waals surface area contributed by atoms with E-state index in [-0.39, 0.29) is 5.91 Å². The molecule has 0 aliphatic heterocycles. The van der Waals surface area contributed by atoms with Crippen molar-refractivity contribution in [2.75, 3.05) is 19.4 Å². The van der Waals surface area contributed by atoms with E-state index in [2.05, 4.69) is 42.3 Å². The largest absolute Gasteiger partial charge is 0.344 e. The number of aryl methyl sites for hydroxylation is 3. The minimum atomic E-state index is -0.00604. The van der Waals surface area contributed by atoms with E-state index < -0.39 is 0 Å². The Balaban J connectivity index is 2.26. The zero-order chi connectivity index (χ0) is 14.9. The van der Waals surface area contributed by atoms with Gasteiger partial charge in [-0.05, 0) is 44.0 Å². The van der Waals surface area contributed by atoms with Crippen LogP contribution in [0.1, 0.15) is 26.5 Å². The number of hydrogen-bond acceptors (Lipinski definition) is 4. The van der Waals surface area contributed by atoms with Gasteiger partial charge in [0.25, 0.3) is 5.91 Å². The van der Waals surface area contributed by atoms with Crippen molar-refractivity contribution in [3.05, 3.63) is 39.9 Å². The highest BCUT2D eigenvalue weighted by atomic mass is 32.1. The monoisotopic (exact) mass is 289 g/mol. The van der Waals surface area contributed by atoms with E-state index >= 15 is 0 Å². The third-order valence-corrected chi connectivity index (χ3v) is 3.93. The van der Waals surface area contributed by atoms with Gasteiger partial charge in [0.1, 0.15) is 4.88 Å². The van der Waals surface area contributed by atoms with E-state index in [1.165, 1.54) is 22.5 Å². The molecule has 0 radical (unpaired) electrons. The normalized spacial score (nSPS) is 10.4. The average molecular weight is 289 g/mol. The third kappa shape index (κ3) is 3.17. The molecule has 1 heterocycles. The average Bonchev–Trinajstić information content (AvgIpc) is 2.67. The van der Waals surface area contributed by atoms with Crippen LogP contribution in [0, 0.1) is 20.8 Å². The number of rotatable bonds is 3. The maximum atomic E-state index is 12.0. The van der Waals surface area contributed by atoms with Crippen LogP contribution in [0.3, 0.4) is 0 Å². The molecule has 0 aliphatic rings. The number of hydrogen-bond donors (Lipinski definition) is 1. The Morgan fingerprint density at radius 2 is 1.75 bits per heavy atom. The van der Waals surface area contributed by atoms with Gasteiger partial charge in [-0.3, -0.25) is 4.79 Å². The predicted molar refractivity (Wildman–Crippen MR) is 84.1 cm³/mol. The molecule has 1 aromatic heterocycles. The van der Waals surface area contributed by atoms with Crippen LogP contribution in [0.15, 0.2) is 18.2 Å². The number of thiazole rings is 1. The van der Waals surface area contributed by atoms with Gasteiger partial charge < -0.3 is 10.2 Å². The highest BCUT2D eigenvalue weighted by Crippen LogP contribution is 2.27. The first-order chi connectivity index (χ1) is 9.36. The van der Waals surface area contributed by atoms with Crippen molar-refractivity contribution in [2.45, 2.75) is 20.8 Å². The lowest BCUT2D eigenvalue weighted by atomic mass is 10.1. The van der Waals surface area contributed by atoms with Crippen molar-refractivity contribution in [2.24, 2.45) is 0 Å². The molecule has 0 saturated heterocycles. The van der Waals surface area contributed by atoms with E-state index in [1.807, 2.05) is 6.92 Å². The molecule has 106 valence electrons. The molecule has 4 nitrogen and oxygen atoms in total. The SMILES string of the molecule is Cc1cc(C)cc(Nc2nc(C)c(C(=O)N(C)C)s2)c1. The topological polar surface area (TPSA) is 45.2 Å². The first kappa shape index (κ1) is 14.5. The van der Waals surface area contributed by atoms with Crippen molar-refractivity contribution in [1.29, 1.82) is 0 Å². The zero-order valence-corrected chi connectivity index (χ0v) is 13.3. The second-order valence-corrected chi connectivity index (χ2v) is 6.13. The van der Waals surface area contributed by atoms with Crippen LogP contribution in [-0.4, -0.2) is 29.9 Å². The Labute approximate surface area is 123 Å². The van der Waals surface area contributed by atoms with E-state index in [0.717, 1.165) is 16.5 Å². The Kier molecular flexibility index (Phi) is 4.09. The standard InChI is InChI=1S/C15H19N3OS/c1-9-6-10(2)8-12(7-9)17-15-16-11(3)13(20-15)14(19)18(4)5/h6-8H,1-5H3,(H,16,17). The van der Waals surface area contributed by atoms with E-state index in [9.17, 15) is 4.79 Å². The van der Waals surface area contributed by atoms with Crippen LogP contribution in [-0.2, 0) is 0 Å². The Hall–Kier alpha value is -1.88. The molecule has 5 heteroatoms. The van der Waals surface area contributed by atoms with Gasteiger partial charge in [0.2, 0.25) is 0 Å². The van der Waals surface area contributed by atoms with Gasteiger partial charge in [-0.15, -0.1) is 0 Å². The van der Waals surface area contributed by atoms with Crippen molar-refractivity contribution < 1.29 is 4.79 Å². The van der Waals surface area contributed by atoms with Gasteiger partial charge >= 0.3 is 0 Å². The summed E-state index contributed by atoms with van der Waals surface area (Å²) in [6.45, 7) is 5.98. The number of carbonyl (C=O) groups excluding carboxylic acids is 1. The fraction of sp³-hybridized carbons (Fsp3) is 0.333. The molecule has 0 spiro atoms. The Morgan fingerprint density at radius 1 is 1.15 bits per heavy atom. The van der Waals surface area contributed by atoms with Crippen LogP contribution in [0.4, 0.5) is 10.8 Å². The minimum absolute atomic E-state index is 0.00604. The Bertz CT molecular complexity index is 626. The fourth-order valence-corrected chi connectivity index (χ4v) is 3.03. The number of nitrogens with one attached hydrogen (secondary N) is 1. The van der Waals surface area contributed by atoms with Crippen LogP contribution >= 0.6 is 11.3 Å². The quantitative estimate of drug-likeness (QED) is 0.940.